The maximum atomic E-state index is 9.41. The van der Waals surface area contributed by atoms with Crippen LogP contribution in [-0.2, 0) is 10.3 Å². The molecular weight excluding hydrogens is 256 g/mol. The van der Waals surface area contributed by atoms with Crippen molar-refractivity contribution in [1.82, 2.24) is 5.48 Å². The number of nitrogens with one attached hydrogen (secondary N) is 1. The van der Waals surface area contributed by atoms with Gasteiger partial charge in [-0.3, -0.25) is 4.84 Å². The van der Waals surface area contributed by atoms with Crippen molar-refractivity contribution in [3.63, 3.8) is 0 Å². The number of allylic oxidation sites excluding steroid dienone is 1. The van der Waals surface area contributed by atoms with Crippen LogP contribution in [0.25, 0.3) is 6.08 Å². The molecule has 2 fully saturated rings. The molecule has 3 unspecified atom stereocenters. The summed E-state index contributed by atoms with van der Waals surface area (Å²) in [6.07, 6.45) is 9.30. The quantitative estimate of drug-likeness (QED) is 0.789. The zero-order valence-corrected chi connectivity index (χ0v) is 11.5. The van der Waals surface area contributed by atoms with E-state index in [1.54, 1.807) is 11.3 Å². The van der Waals surface area contributed by atoms with Gasteiger partial charge < -0.3 is 0 Å². The van der Waals surface area contributed by atoms with E-state index in [1.807, 2.05) is 5.38 Å². The smallest absolute Gasteiger partial charge is 0.100 e. The fraction of sp³-hybridized carbons (Fsp3) is 0.533. The first-order chi connectivity index (χ1) is 9.35. The van der Waals surface area contributed by atoms with E-state index in [0.29, 0.717) is 5.92 Å². The van der Waals surface area contributed by atoms with Crippen LogP contribution in [0.15, 0.2) is 11.5 Å². The lowest BCUT2D eigenvalue weighted by Gasteiger charge is -2.45. The number of thiophene rings is 1. The maximum absolute atomic E-state index is 9.41. The minimum atomic E-state index is 0.0293. The zero-order valence-electron chi connectivity index (χ0n) is 10.7. The van der Waals surface area contributed by atoms with Crippen LogP contribution in [0.4, 0.5) is 0 Å². The van der Waals surface area contributed by atoms with Crippen LogP contribution in [0.5, 0.6) is 0 Å². The fourth-order valence-corrected chi connectivity index (χ4v) is 5.16. The molecular formula is C15H16N2OS. The van der Waals surface area contributed by atoms with Gasteiger partial charge in [-0.1, -0.05) is 12.5 Å². The van der Waals surface area contributed by atoms with Gasteiger partial charge in [-0.05, 0) is 30.9 Å². The summed E-state index contributed by atoms with van der Waals surface area (Å²) in [6, 6.07) is 2.39. The standard InChI is InChI=1S/C15H16N2OS/c16-7-11-9-19-12-4-2-6-15(13(11)12)5-1-3-10-8-17-18-14(10)15/h2,4,9-10,14,17H,1,3,5-6,8H2. The van der Waals surface area contributed by atoms with Crippen molar-refractivity contribution < 1.29 is 4.84 Å². The summed E-state index contributed by atoms with van der Waals surface area (Å²) in [5.41, 5.74) is 5.25. The van der Waals surface area contributed by atoms with Crippen molar-refractivity contribution in [3.8, 4) is 6.07 Å². The van der Waals surface area contributed by atoms with E-state index >= 15 is 0 Å². The van der Waals surface area contributed by atoms with E-state index in [2.05, 4.69) is 23.7 Å². The average molecular weight is 272 g/mol. The second-order valence-corrected chi connectivity index (χ2v) is 6.71. The van der Waals surface area contributed by atoms with Gasteiger partial charge in [0.1, 0.15) is 6.07 Å². The first kappa shape index (κ1) is 11.7. The fourth-order valence-electron chi connectivity index (χ4n) is 4.14. The van der Waals surface area contributed by atoms with Crippen molar-refractivity contribution in [2.24, 2.45) is 5.92 Å². The molecule has 19 heavy (non-hydrogen) atoms. The monoisotopic (exact) mass is 272 g/mol. The van der Waals surface area contributed by atoms with Gasteiger partial charge in [-0.2, -0.15) is 5.26 Å². The van der Waals surface area contributed by atoms with Gasteiger partial charge in [-0.25, -0.2) is 5.48 Å². The lowest BCUT2D eigenvalue weighted by Crippen LogP contribution is -2.47. The molecule has 1 N–H and O–H groups in total. The molecule has 1 saturated heterocycles. The Balaban J connectivity index is 1.89. The Morgan fingerprint density at radius 2 is 2.47 bits per heavy atom. The van der Waals surface area contributed by atoms with Gasteiger partial charge in [0, 0.05) is 28.1 Å². The first-order valence-corrected chi connectivity index (χ1v) is 7.80. The van der Waals surface area contributed by atoms with E-state index in [4.69, 9.17) is 4.84 Å². The van der Waals surface area contributed by atoms with Crippen LogP contribution >= 0.6 is 11.3 Å². The second kappa shape index (κ2) is 4.17. The van der Waals surface area contributed by atoms with Crippen molar-refractivity contribution in [2.45, 2.75) is 37.2 Å². The Bertz CT molecular complexity index is 585. The molecule has 3 nitrogen and oxygen atoms in total. The van der Waals surface area contributed by atoms with Crippen LogP contribution in [0.3, 0.4) is 0 Å². The number of rotatable bonds is 0. The number of fused-ring (bicyclic) bond motifs is 4. The highest BCUT2D eigenvalue weighted by Gasteiger charge is 2.52. The number of hydrogen-bond acceptors (Lipinski definition) is 4. The molecule has 1 aromatic heterocycles. The minimum Gasteiger partial charge on any atom is -0.297 e. The molecule has 1 aliphatic heterocycles. The maximum Gasteiger partial charge on any atom is 0.100 e. The van der Waals surface area contributed by atoms with E-state index in [9.17, 15) is 5.26 Å². The van der Waals surface area contributed by atoms with Gasteiger partial charge in [-0.15, -0.1) is 11.3 Å². The van der Waals surface area contributed by atoms with Gasteiger partial charge in [0.2, 0.25) is 0 Å². The highest BCUT2D eigenvalue weighted by atomic mass is 32.1. The van der Waals surface area contributed by atoms with Crippen LogP contribution in [0.2, 0.25) is 0 Å². The summed E-state index contributed by atoms with van der Waals surface area (Å²) in [7, 11) is 0. The van der Waals surface area contributed by atoms with E-state index in [1.165, 1.54) is 23.3 Å². The Morgan fingerprint density at radius 3 is 3.37 bits per heavy atom. The normalized spacial score (nSPS) is 35.9. The van der Waals surface area contributed by atoms with E-state index in [-0.39, 0.29) is 11.5 Å². The van der Waals surface area contributed by atoms with Crippen LogP contribution in [0, 0.1) is 17.2 Å². The largest absolute Gasteiger partial charge is 0.297 e. The molecule has 0 aromatic carbocycles. The molecule has 3 atom stereocenters. The zero-order chi connectivity index (χ0) is 12.9. The lowest BCUT2D eigenvalue weighted by atomic mass is 9.60. The van der Waals surface area contributed by atoms with Crippen molar-refractivity contribution in [1.29, 1.82) is 5.26 Å². The summed E-state index contributed by atoms with van der Waals surface area (Å²) < 4.78 is 0. The van der Waals surface area contributed by atoms with Crippen molar-refractivity contribution >= 4 is 17.4 Å². The van der Waals surface area contributed by atoms with Gasteiger partial charge in [0.25, 0.3) is 0 Å². The Morgan fingerprint density at radius 1 is 1.53 bits per heavy atom. The number of hydrogen-bond donors (Lipinski definition) is 1. The third kappa shape index (κ3) is 1.50. The SMILES string of the molecule is N#Cc1csc2c1C1(CC=C2)CCCC2CNOC21. The molecule has 3 aliphatic rings. The molecule has 98 valence electrons. The summed E-state index contributed by atoms with van der Waals surface area (Å²) in [5.74, 6) is 0.597. The molecule has 1 saturated carbocycles. The van der Waals surface area contributed by atoms with E-state index < -0.39 is 0 Å². The number of nitriles is 1. The van der Waals surface area contributed by atoms with Crippen molar-refractivity contribution in [3.05, 3.63) is 27.5 Å². The molecule has 1 aromatic rings. The predicted octanol–water partition coefficient (Wildman–Crippen LogP) is 2.98. The molecule has 0 amide bonds. The van der Waals surface area contributed by atoms with Gasteiger partial charge in [0.15, 0.2) is 0 Å². The molecule has 2 aliphatic carbocycles. The van der Waals surface area contributed by atoms with Crippen LogP contribution in [0.1, 0.15) is 41.7 Å². The molecule has 2 heterocycles. The summed E-state index contributed by atoms with van der Waals surface area (Å²) >= 11 is 1.69. The summed E-state index contributed by atoms with van der Waals surface area (Å²) in [5, 5.41) is 11.4. The molecule has 0 bridgehead atoms. The average Bonchev–Trinajstić information content (AvgIpc) is 3.06. The highest BCUT2D eigenvalue weighted by molar-refractivity contribution is 7.11. The third-order valence-corrected chi connectivity index (χ3v) is 5.86. The minimum absolute atomic E-state index is 0.0293. The highest BCUT2D eigenvalue weighted by Crippen LogP contribution is 2.52. The number of nitrogens with zero attached hydrogens (tertiary/aromatic N) is 1. The van der Waals surface area contributed by atoms with Crippen molar-refractivity contribution in [2.75, 3.05) is 6.54 Å². The summed E-state index contributed by atoms with van der Waals surface area (Å²) in [6.45, 7) is 0.956. The molecule has 0 radical (unpaired) electrons. The van der Waals surface area contributed by atoms with Gasteiger partial charge >= 0.3 is 0 Å². The predicted molar refractivity (Wildman–Crippen MR) is 74.6 cm³/mol. The molecule has 4 heteroatoms. The lowest BCUT2D eigenvalue weighted by molar-refractivity contribution is -0.0444. The van der Waals surface area contributed by atoms with E-state index in [0.717, 1.165) is 24.9 Å². The third-order valence-electron chi connectivity index (χ3n) is 4.92. The number of hydroxylamine groups is 1. The molecule has 1 spiro atoms. The van der Waals surface area contributed by atoms with Gasteiger partial charge in [0.05, 0.1) is 11.7 Å². The Hall–Kier alpha value is -1.15. The first-order valence-electron chi connectivity index (χ1n) is 6.92. The van der Waals surface area contributed by atoms with Crippen LogP contribution < -0.4 is 5.48 Å². The summed E-state index contributed by atoms with van der Waals surface area (Å²) in [4.78, 5) is 7.15. The Labute approximate surface area is 116 Å². The Kier molecular flexibility index (Phi) is 2.56. The second-order valence-electron chi connectivity index (χ2n) is 5.80. The molecule has 4 rings (SSSR count). The topological polar surface area (TPSA) is 45.0 Å². The van der Waals surface area contributed by atoms with Crippen LogP contribution in [-0.4, -0.2) is 12.6 Å².